The molecule has 1 heterocycles. The molecule has 0 aromatic carbocycles. The molecular formula is C12H21N3O2. The lowest BCUT2D eigenvalue weighted by Crippen LogP contribution is -2.52. The fourth-order valence-corrected chi connectivity index (χ4v) is 1.86. The number of aliphatic carboxylic acids is 1. The van der Waals surface area contributed by atoms with Crippen LogP contribution in [-0.4, -0.2) is 32.2 Å². The quantitative estimate of drug-likeness (QED) is 0.788. The minimum Gasteiger partial charge on any atom is -0.480 e. The number of nitrogens with one attached hydrogen (secondary N) is 1. The van der Waals surface area contributed by atoms with E-state index in [9.17, 15) is 9.90 Å². The average molecular weight is 239 g/mol. The van der Waals surface area contributed by atoms with Gasteiger partial charge in [-0.2, -0.15) is 0 Å². The molecule has 0 amide bonds. The summed E-state index contributed by atoms with van der Waals surface area (Å²) in [6.45, 7) is 8.18. The largest absolute Gasteiger partial charge is 0.480 e. The van der Waals surface area contributed by atoms with E-state index in [1.807, 2.05) is 31.5 Å². The van der Waals surface area contributed by atoms with Crippen LogP contribution in [0.25, 0.3) is 0 Å². The first-order valence-electron chi connectivity index (χ1n) is 5.84. The number of imidazole rings is 1. The predicted molar refractivity (Wildman–Crippen MR) is 65.9 cm³/mol. The van der Waals surface area contributed by atoms with Crippen LogP contribution in [0.1, 0.15) is 33.0 Å². The molecule has 1 atom stereocenters. The van der Waals surface area contributed by atoms with Gasteiger partial charge in [0.2, 0.25) is 0 Å². The van der Waals surface area contributed by atoms with E-state index in [4.69, 9.17) is 0 Å². The Kier molecular flexibility index (Phi) is 4.28. The van der Waals surface area contributed by atoms with E-state index in [0.29, 0.717) is 13.0 Å². The molecule has 1 aromatic rings. The Morgan fingerprint density at radius 1 is 1.65 bits per heavy atom. The highest BCUT2D eigenvalue weighted by Gasteiger charge is 2.33. The second-order valence-corrected chi connectivity index (χ2v) is 4.85. The topological polar surface area (TPSA) is 67.2 Å². The summed E-state index contributed by atoms with van der Waals surface area (Å²) in [6, 6.07) is 0.139. The third kappa shape index (κ3) is 3.56. The molecule has 0 aliphatic heterocycles. The summed E-state index contributed by atoms with van der Waals surface area (Å²) >= 11 is 0. The van der Waals surface area contributed by atoms with Gasteiger partial charge in [0.25, 0.3) is 0 Å². The third-order valence-corrected chi connectivity index (χ3v) is 2.86. The van der Waals surface area contributed by atoms with Crippen LogP contribution in [0.5, 0.6) is 0 Å². The Morgan fingerprint density at radius 3 is 2.71 bits per heavy atom. The van der Waals surface area contributed by atoms with Crippen molar-refractivity contribution in [2.45, 2.75) is 52.2 Å². The number of rotatable bonds is 6. The maximum absolute atomic E-state index is 11.3. The third-order valence-electron chi connectivity index (χ3n) is 2.86. The van der Waals surface area contributed by atoms with Gasteiger partial charge in [-0.3, -0.25) is 10.1 Å². The van der Waals surface area contributed by atoms with Crippen LogP contribution in [0.4, 0.5) is 0 Å². The summed E-state index contributed by atoms with van der Waals surface area (Å²) < 4.78 is 1.96. The number of hydrogen-bond acceptors (Lipinski definition) is 3. The lowest BCUT2D eigenvalue weighted by molar-refractivity contribution is -0.144. The van der Waals surface area contributed by atoms with Gasteiger partial charge in [-0.05, 0) is 34.1 Å². The van der Waals surface area contributed by atoms with Crippen molar-refractivity contribution in [3.8, 4) is 0 Å². The summed E-state index contributed by atoms with van der Waals surface area (Å²) in [5, 5.41) is 12.4. The van der Waals surface area contributed by atoms with Gasteiger partial charge >= 0.3 is 5.97 Å². The molecule has 2 N–H and O–H groups in total. The molecule has 0 spiro atoms. The fourth-order valence-electron chi connectivity index (χ4n) is 1.86. The van der Waals surface area contributed by atoms with E-state index in [2.05, 4.69) is 10.3 Å². The van der Waals surface area contributed by atoms with Crippen molar-refractivity contribution >= 4 is 5.97 Å². The zero-order chi connectivity index (χ0) is 13.1. The van der Waals surface area contributed by atoms with Crippen molar-refractivity contribution in [1.82, 2.24) is 14.9 Å². The van der Waals surface area contributed by atoms with Crippen LogP contribution in [0.2, 0.25) is 0 Å². The molecule has 1 rings (SSSR count). The minimum atomic E-state index is -0.898. The van der Waals surface area contributed by atoms with Gasteiger partial charge in [0.05, 0.1) is 0 Å². The Morgan fingerprint density at radius 2 is 2.29 bits per heavy atom. The number of hydrogen-bond donors (Lipinski definition) is 2. The van der Waals surface area contributed by atoms with Crippen molar-refractivity contribution in [1.29, 1.82) is 0 Å². The smallest absolute Gasteiger partial charge is 0.323 e. The molecule has 0 saturated heterocycles. The van der Waals surface area contributed by atoms with E-state index < -0.39 is 11.5 Å². The summed E-state index contributed by atoms with van der Waals surface area (Å²) in [5.41, 5.74) is -0.898. The van der Waals surface area contributed by atoms with Crippen LogP contribution in [0, 0.1) is 6.92 Å². The number of carboxylic acids is 1. The van der Waals surface area contributed by atoms with Gasteiger partial charge in [0, 0.05) is 25.0 Å². The second-order valence-electron chi connectivity index (χ2n) is 4.85. The highest BCUT2D eigenvalue weighted by atomic mass is 16.4. The van der Waals surface area contributed by atoms with Crippen molar-refractivity contribution in [2.24, 2.45) is 0 Å². The molecule has 1 aromatic heterocycles. The zero-order valence-corrected chi connectivity index (χ0v) is 10.9. The van der Waals surface area contributed by atoms with Gasteiger partial charge in [0.1, 0.15) is 11.4 Å². The first-order valence-corrected chi connectivity index (χ1v) is 5.84. The van der Waals surface area contributed by atoms with E-state index in [-0.39, 0.29) is 6.04 Å². The Labute approximate surface area is 102 Å². The minimum absolute atomic E-state index is 0.139. The maximum Gasteiger partial charge on any atom is 0.323 e. The number of carboxylic acid groups (broad SMARTS) is 1. The van der Waals surface area contributed by atoms with Gasteiger partial charge in [-0.25, -0.2) is 4.98 Å². The molecule has 0 fully saturated rings. The van der Waals surface area contributed by atoms with E-state index in [1.165, 1.54) is 0 Å². The van der Waals surface area contributed by atoms with E-state index in [1.54, 1.807) is 13.1 Å². The number of nitrogens with zero attached hydrogens (tertiary/aromatic N) is 2. The molecule has 17 heavy (non-hydrogen) atoms. The molecule has 5 heteroatoms. The fraction of sp³-hybridized carbons (Fsp3) is 0.667. The lowest BCUT2D eigenvalue weighted by Gasteiger charge is -2.29. The highest BCUT2D eigenvalue weighted by molar-refractivity contribution is 5.78. The second kappa shape index (κ2) is 5.31. The lowest BCUT2D eigenvalue weighted by atomic mass is 9.97. The molecule has 0 radical (unpaired) electrons. The van der Waals surface area contributed by atoms with Gasteiger partial charge in [0.15, 0.2) is 0 Å². The molecule has 0 bridgehead atoms. The summed E-state index contributed by atoms with van der Waals surface area (Å²) in [4.78, 5) is 15.4. The van der Waals surface area contributed by atoms with Crippen LogP contribution >= 0.6 is 0 Å². The van der Waals surface area contributed by atoms with Crippen LogP contribution in [0.3, 0.4) is 0 Å². The molecule has 96 valence electrons. The normalized spacial score (nSPS) is 14.9. The molecule has 0 saturated carbocycles. The predicted octanol–water partition coefficient (Wildman–Crippen LogP) is 1.42. The summed E-state index contributed by atoms with van der Waals surface area (Å²) in [5.74, 6) is 0.0891. The van der Waals surface area contributed by atoms with Crippen molar-refractivity contribution in [3.05, 3.63) is 18.2 Å². The molecule has 0 aliphatic carbocycles. The van der Waals surface area contributed by atoms with Gasteiger partial charge < -0.3 is 9.67 Å². The van der Waals surface area contributed by atoms with Gasteiger partial charge in [-0.15, -0.1) is 0 Å². The van der Waals surface area contributed by atoms with Crippen LogP contribution in [0.15, 0.2) is 12.4 Å². The summed E-state index contributed by atoms with van der Waals surface area (Å²) in [6.07, 6.45) is 4.12. The number of aryl methyl sites for hydroxylation is 2. The standard InChI is InChI=1S/C12H21N3O2/c1-9(2)14-12(4,11(16)17)5-7-15-8-6-13-10(15)3/h6,8-9,14H,5,7H2,1-4H3,(H,16,17). The summed E-state index contributed by atoms with van der Waals surface area (Å²) in [7, 11) is 0. The van der Waals surface area contributed by atoms with Crippen molar-refractivity contribution < 1.29 is 9.90 Å². The van der Waals surface area contributed by atoms with E-state index in [0.717, 1.165) is 5.82 Å². The highest BCUT2D eigenvalue weighted by Crippen LogP contribution is 2.13. The molecule has 5 nitrogen and oxygen atoms in total. The monoisotopic (exact) mass is 239 g/mol. The molecule has 1 unspecified atom stereocenters. The Balaban J connectivity index is 2.68. The number of aromatic nitrogens is 2. The maximum atomic E-state index is 11.3. The zero-order valence-electron chi connectivity index (χ0n) is 10.9. The van der Waals surface area contributed by atoms with Crippen molar-refractivity contribution in [3.63, 3.8) is 0 Å². The van der Waals surface area contributed by atoms with Crippen LogP contribution in [-0.2, 0) is 11.3 Å². The molecule has 0 aliphatic rings. The Bertz CT molecular complexity index is 387. The van der Waals surface area contributed by atoms with Gasteiger partial charge in [-0.1, -0.05) is 0 Å². The van der Waals surface area contributed by atoms with Crippen molar-refractivity contribution in [2.75, 3.05) is 0 Å². The first-order chi connectivity index (χ1) is 7.85. The SMILES string of the molecule is Cc1nccn1CCC(C)(NC(C)C)C(=O)O. The van der Waals surface area contributed by atoms with E-state index >= 15 is 0 Å². The van der Waals surface area contributed by atoms with Crippen LogP contribution < -0.4 is 5.32 Å². The first kappa shape index (κ1) is 13.7. The number of carbonyl (C=O) groups is 1. The average Bonchev–Trinajstić information content (AvgIpc) is 2.60. The Hall–Kier alpha value is -1.36. The molecular weight excluding hydrogens is 218 g/mol.